The van der Waals surface area contributed by atoms with Crippen LogP contribution in [0.25, 0.3) is 22.2 Å². The normalized spacial score (nSPS) is 12.1. The lowest BCUT2D eigenvalue weighted by molar-refractivity contribution is 0.103. The molecule has 146 valence electrons. The Bertz CT molecular complexity index is 1190. The molecule has 0 aliphatic heterocycles. The third-order valence-corrected chi connectivity index (χ3v) is 4.82. The number of hydrogen-bond donors (Lipinski definition) is 2. The number of benzene rings is 1. The van der Waals surface area contributed by atoms with Gasteiger partial charge in [0.05, 0.1) is 22.6 Å². The third-order valence-electron chi connectivity index (χ3n) is 4.30. The molecule has 0 fully saturated rings. The number of rotatable bonds is 5. The Hall–Kier alpha value is -3.30. The van der Waals surface area contributed by atoms with Crippen molar-refractivity contribution in [3.63, 3.8) is 0 Å². The average molecular weight is 412 g/mol. The Morgan fingerprint density at radius 1 is 1.17 bits per heavy atom. The molecule has 0 spiro atoms. The van der Waals surface area contributed by atoms with Gasteiger partial charge in [-0.15, -0.1) is 0 Å². The van der Waals surface area contributed by atoms with Gasteiger partial charge in [-0.25, -0.2) is 18.5 Å². The monoisotopic (exact) mass is 412 g/mol. The minimum atomic E-state index is -1.51. The molecular weight excluding hydrogens is 398 g/mol. The molecule has 4 rings (SSSR count). The quantitative estimate of drug-likeness (QED) is 0.384. The molecule has 6 nitrogen and oxygen atoms in total. The SMILES string of the molecule is C[S+]([O-])Nc1cc(F)c(C(=O)c2c[nH]c3ncc(-c4cccnc4)cc23)c(F)c1. The predicted molar refractivity (Wildman–Crippen MR) is 107 cm³/mol. The maximum atomic E-state index is 14.5. The molecule has 4 aromatic rings. The van der Waals surface area contributed by atoms with Crippen molar-refractivity contribution in [2.45, 2.75) is 0 Å². The van der Waals surface area contributed by atoms with Gasteiger partial charge in [-0.05, 0) is 12.1 Å². The lowest BCUT2D eigenvalue weighted by Crippen LogP contribution is -2.12. The fraction of sp³-hybridized carbons (Fsp3) is 0.0500. The van der Waals surface area contributed by atoms with Crippen molar-refractivity contribution < 1.29 is 18.1 Å². The van der Waals surface area contributed by atoms with E-state index in [0.29, 0.717) is 16.6 Å². The topological polar surface area (TPSA) is 93.7 Å². The molecule has 0 bridgehead atoms. The highest BCUT2D eigenvalue weighted by Gasteiger charge is 2.24. The Morgan fingerprint density at radius 3 is 2.59 bits per heavy atom. The van der Waals surface area contributed by atoms with E-state index in [9.17, 15) is 18.1 Å². The average Bonchev–Trinajstić information content (AvgIpc) is 3.10. The lowest BCUT2D eigenvalue weighted by atomic mass is 10.0. The Kier molecular flexibility index (Phi) is 4.99. The summed E-state index contributed by atoms with van der Waals surface area (Å²) < 4.78 is 42.6. The fourth-order valence-electron chi connectivity index (χ4n) is 3.03. The summed E-state index contributed by atoms with van der Waals surface area (Å²) in [5.41, 5.74) is 1.31. The number of H-pyrrole nitrogens is 1. The van der Waals surface area contributed by atoms with Crippen LogP contribution in [-0.4, -0.2) is 31.5 Å². The van der Waals surface area contributed by atoms with Crippen molar-refractivity contribution in [3.8, 4) is 11.1 Å². The number of fused-ring (bicyclic) bond motifs is 1. The first-order valence-electron chi connectivity index (χ1n) is 8.45. The molecule has 1 atom stereocenters. The third kappa shape index (κ3) is 3.69. The number of ketones is 1. The van der Waals surface area contributed by atoms with Gasteiger partial charge in [0.25, 0.3) is 0 Å². The van der Waals surface area contributed by atoms with E-state index in [4.69, 9.17) is 0 Å². The van der Waals surface area contributed by atoms with E-state index in [-0.39, 0.29) is 11.3 Å². The molecule has 1 aromatic carbocycles. The number of pyridine rings is 2. The zero-order chi connectivity index (χ0) is 20.5. The van der Waals surface area contributed by atoms with Crippen LogP contribution in [0.15, 0.2) is 55.1 Å². The van der Waals surface area contributed by atoms with E-state index < -0.39 is 34.3 Å². The van der Waals surface area contributed by atoms with E-state index in [2.05, 4.69) is 19.7 Å². The summed E-state index contributed by atoms with van der Waals surface area (Å²) in [5.74, 6) is -2.91. The maximum absolute atomic E-state index is 14.5. The second-order valence-corrected chi connectivity index (χ2v) is 7.38. The molecule has 0 radical (unpaired) electrons. The first-order chi connectivity index (χ1) is 13.9. The second-order valence-electron chi connectivity index (χ2n) is 6.26. The first kappa shape index (κ1) is 19.0. The molecular formula is C20H14F2N4O2S. The highest BCUT2D eigenvalue weighted by molar-refractivity contribution is 7.92. The number of aromatic nitrogens is 3. The number of carbonyl (C=O) groups is 1. The number of carbonyl (C=O) groups excluding carboxylic acids is 1. The molecule has 0 aliphatic carbocycles. The highest BCUT2D eigenvalue weighted by atomic mass is 32.2. The number of halogens is 2. The van der Waals surface area contributed by atoms with Crippen LogP contribution in [0.3, 0.4) is 0 Å². The Labute approximate surface area is 167 Å². The van der Waals surface area contributed by atoms with Crippen LogP contribution < -0.4 is 4.72 Å². The van der Waals surface area contributed by atoms with Crippen LogP contribution in [0.1, 0.15) is 15.9 Å². The maximum Gasteiger partial charge on any atom is 0.201 e. The standard InChI is InChI=1S/C20H14F2N4O2S/c1-29(28)26-13-6-16(21)18(17(22)7-13)19(27)15-10-25-20-14(15)5-12(9-24-20)11-3-2-4-23-8-11/h2-10,26H,1H3,(H,24,25). The molecule has 2 N–H and O–H groups in total. The van der Waals surface area contributed by atoms with Gasteiger partial charge in [-0.2, -0.15) is 0 Å². The minimum Gasteiger partial charge on any atom is -0.593 e. The van der Waals surface area contributed by atoms with E-state index in [1.165, 1.54) is 12.5 Å². The van der Waals surface area contributed by atoms with Crippen LogP contribution >= 0.6 is 0 Å². The van der Waals surface area contributed by atoms with E-state index >= 15 is 0 Å². The van der Waals surface area contributed by atoms with E-state index in [1.54, 1.807) is 30.7 Å². The van der Waals surface area contributed by atoms with Gasteiger partial charge in [-0.3, -0.25) is 9.78 Å². The Morgan fingerprint density at radius 2 is 1.93 bits per heavy atom. The number of anilines is 1. The summed E-state index contributed by atoms with van der Waals surface area (Å²) in [6.45, 7) is 0. The molecule has 1 unspecified atom stereocenters. The van der Waals surface area contributed by atoms with Crippen molar-refractivity contribution in [3.05, 3.63) is 77.9 Å². The zero-order valence-corrected chi connectivity index (χ0v) is 15.9. The summed E-state index contributed by atoms with van der Waals surface area (Å²) in [4.78, 5) is 24.1. The summed E-state index contributed by atoms with van der Waals surface area (Å²) in [7, 11) is 0. The largest absolute Gasteiger partial charge is 0.593 e. The smallest absolute Gasteiger partial charge is 0.201 e. The number of hydrogen-bond acceptors (Lipinski definition) is 5. The van der Waals surface area contributed by atoms with Crippen molar-refractivity contribution >= 4 is 33.9 Å². The van der Waals surface area contributed by atoms with Gasteiger partial charge in [0.1, 0.15) is 23.5 Å². The van der Waals surface area contributed by atoms with Crippen molar-refractivity contribution in [1.29, 1.82) is 0 Å². The van der Waals surface area contributed by atoms with Gasteiger partial charge in [0.2, 0.25) is 5.78 Å². The molecule has 0 saturated carbocycles. The van der Waals surface area contributed by atoms with Gasteiger partial charge < -0.3 is 9.54 Å². The molecule has 3 heterocycles. The molecule has 9 heteroatoms. The van der Waals surface area contributed by atoms with Crippen molar-refractivity contribution in [1.82, 2.24) is 15.0 Å². The highest BCUT2D eigenvalue weighted by Crippen LogP contribution is 2.28. The van der Waals surface area contributed by atoms with Crippen LogP contribution in [0, 0.1) is 11.6 Å². The zero-order valence-electron chi connectivity index (χ0n) is 15.1. The summed E-state index contributed by atoms with van der Waals surface area (Å²) >= 11 is -1.51. The van der Waals surface area contributed by atoms with Crippen molar-refractivity contribution in [2.24, 2.45) is 0 Å². The van der Waals surface area contributed by atoms with Crippen LogP contribution in [0.2, 0.25) is 0 Å². The minimum absolute atomic E-state index is 0.0168. The summed E-state index contributed by atoms with van der Waals surface area (Å²) in [6.07, 6.45) is 7.61. The summed E-state index contributed by atoms with van der Waals surface area (Å²) in [6, 6.07) is 7.20. The van der Waals surface area contributed by atoms with Crippen molar-refractivity contribution in [2.75, 3.05) is 11.0 Å². The second kappa shape index (κ2) is 7.61. The number of aromatic amines is 1. The van der Waals surface area contributed by atoms with Crippen LogP contribution in [-0.2, 0) is 11.4 Å². The lowest BCUT2D eigenvalue weighted by Gasteiger charge is -2.10. The number of nitrogens with one attached hydrogen (secondary N) is 2. The fourth-order valence-corrected chi connectivity index (χ4v) is 3.48. The Balaban J connectivity index is 1.78. The number of nitrogens with zero attached hydrogens (tertiary/aromatic N) is 2. The van der Waals surface area contributed by atoms with E-state index in [0.717, 1.165) is 17.7 Å². The molecule has 3 aromatic heterocycles. The molecule has 0 saturated heterocycles. The molecule has 0 aliphatic rings. The van der Waals surface area contributed by atoms with Gasteiger partial charge >= 0.3 is 0 Å². The van der Waals surface area contributed by atoms with Gasteiger partial charge in [0.15, 0.2) is 0 Å². The van der Waals surface area contributed by atoms with Crippen LogP contribution in [0.4, 0.5) is 14.5 Å². The first-order valence-corrected chi connectivity index (χ1v) is 10.0. The van der Waals surface area contributed by atoms with Gasteiger partial charge in [0, 0.05) is 59.0 Å². The van der Waals surface area contributed by atoms with E-state index in [1.807, 2.05) is 6.07 Å². The molecule has 0 amide bonds. The van der Waals surface area contributed by atoms with Gasteiger partial charge in [-0.1, -0.05) is 6.07 Å². The summed E-state index contributed by atoms with van der Waals surface area (Å²) in [5, 5.41) is 0.437. The molecule has 29 heavy (non-hydrogen) atoms. The predicted octanol–water partition coefficient (Wildman–Crippen LogP) is 3.84. The van der Waals surface area contributed by atoms with Crippen LogP contribution in [0.5, 0.6) is 0 Å².